The van der Waals surface area contributed by atoms with Crippen molar-refractivity contribution in [3.8, 4) is 17.4 Å². The Kier molecular flexibility index (Phi) is 8.97. The number of fused-ring (bicyclic) bond motifs is 1. The number of halogens is 1. The molecule has 4 aromatic rings. The molecule has 0 fully saturated rings. The average Bonchev–Trinajstić information content (AvgIpc) is 3.25. The van der Waals surface area contributed by atoms with Crippen LogP contribution >= 0.6 is 0 Å². The van der Waals surface area contributed by atoms with E-state index in [2.05, 4.69) is 63.4 Å². The monoisotopic (exact) mass is 506 g/mol. The first kappa shape index (κ1) is 26.4. The fraction of sp³-hybridized carbons (Fsp3) is 0.407. The second-order valence-corrected chi connectivity index (χ2v) is 9.16. The van der Waals surface area contributed by atoms with Crippen molar-refractivity contribution in [3.63, 3.8) is 0 Å². The van der Waals surface area contributed by atoms with Gasteiger partial charge in [-0.1, -0.05) is 37.6 Å². The number of imidazole rings is 1. The van der Waals surface area contributed by atoms with Crippen molar-refractivity contribution in [3.05, 3.63) is 59.7 Å². The largest absolute Gasteiger partial charge is 0.463 e. The number of benzene rings is 1. The van der Waals surface area contributed by atoms with Crippen LogP contribution in [0.25, 0.3) is 22.6 Å². The van der Waals surface area contributed by atoms with Gasteiger partial charge in [-0.15, -0.1) is 0 Å². The van der Waals surface area contributed by atoms with E-state index in [1.165, 1.54) is 17.8 Å². The molecule has 9 nitrogen and oxygen atoms in total. The Bertz CT molecular complexity index is 1330. The van der Waals surface area contributed by atoms with Crippen LogP contribution in [0, 0.1) is 5.82 Å². The van der Waals surface area contributed by atoms with Gasteiger partial charge in [0.2, 0.25) is 0 Å². The molecule has 0 unspecified atom stereocenters. The van der Waals surface area contributed by atoms with Crippen molar-refractivity contribution in [2.24, 2.45) is 0 Å². The van der Waals surface area contributed by atoms with Crippen LogP contribution in [-0.2, 0) is 13.0 Å². The number of hydrogen-bond donors (Lipinski definition) is 2. The number of nitrogen functional groups attached to an aromatic ring is 1. The van der Waals surface area contributed by atoms with Crippen molar-refractivity contribution in [1.29, 1.82) is 0 Å². The van der Waals surface area contributed by atoms with Gasteiger partial charge in [-0.2, -0.15) is 9.97 Å². The first-order valence-corrected chi connectivity index (χ1v) is 12.7. The average molecular weight is 507 g/mol. The first-order chi connectivity index (χ1) is 18.0. The molecule has 0 saturated carbocycles. The van der Waals surface area contributed by atoms with E-state index in [1.807, 2.05) is 11.6 Å². The lowest BCUT2D eigenvalue weighted by atomic mass is 10.1. The molecule has 0 aliphatic rings. The normalized spacial score (nSPS) is 11.5. The topological polar surface area (TPSA) is 107 Å². The molecular weight excluding hydrogens is 471 g/mol. The third-order valence-electron chi connectivity index (χ3n) is 6.15. The molecule has 3 N–H and O–H groups in total. The zero-order valence-electron chi connectivity index (χ0n) is 21.7. The van der Waals surface area contributed by atoms with Gasteiger partial charge in [-0.05, 0) is 44.1 Å². The minimum atomic E-state index is -0.442. The lowest BCUT2D eigenvalue weighted by molar-refractivity contribution is 0.286. The minimum Gasteiger partial charge on any atom is -0.463 e. The summed E-state index contributed by atoms with van der Waals surface area (Å²) >= 11 is 0. The molecule has 0 aliphatic carbocycles. The van der Waals surface area contributed by atoms with E-state index in [9.17, 15) is 4.39 Å². The van der Waals surface area contributed by atoms with Crippen LogP contribution in [0.2, 0.25) is 0 Å². The molecule has 0 radical (unpaired) electrons. The molecule has 3 aromatic heterocycles. The van der Waals surface area contributed by atoms with E-state index < -0.39 is 5.82 Å². The molecular formula is C27H35FN8O. The highest BCUT2D eigenvalue weighted by atomic mass is 19.1. The van der Waals surface area contributed by atoms with Crippen LogP contribution in [-0.4, -0.2) is 69.7 Å². The number of anilines is 1. The summed E-state index contributed by atoms with van der Waals surface area (Å²) in [6, 6.07) is 10.1. The van der Waals surface area contributed by atoms with Crippen molar-refractivity contribution >= 4 is 17.0 Å². The summed E-state index contributed by atoms with van der Waals surface area (Å²) in [6.45, 7) is 5.97. The summed E-state index contributed by atoms with van der Waals surface area (Å²) in [5, 5.41) is 3.18. The second kappa shape index (κ2) is 12.6. The minimum absolute atomic E-state index is 0.210. The number of ether oxygens (including phenoxy) is 1. The molecule has 0 aliphatic heterocycles. The number of nitrogens with one attached hydrogen (secondary N) is 1. The number of nitrogens with zero attached hydrogens (tertiary/aromatic N) is 6. The maximum absolute atomic E-state index is 14.1. The van der Waals surface area contributed by atoms with Crippen LogP contribution in [0.3, 0.4) is 0 Å². The Morgan fingerprint density at radius 2 is 1.95 bits per heavy atom. The van der Waals surface area contributed by atoms with Crippen LogP contribution in [0.4, 0.5) is 10.2 Å². The third-order valence-corrected chi connectivity index (χ3v) is 6.15. The highest BCUT2D eigenvalue weighted by Gasteiger charge is 2.19. The van der Waals surface area contributed by atoms with Gasteiger partial charge >= 0.3 is 6.01 Å². The summed E-state index contributed by atoms with van der Waals surface area (Å²) in [7, 11) is 4.09. The van der Waals surface area contributed by atoms with Crippen LogP contribution in [0.1, 0.15) is 30.9 Å². The van der Waals surface area contributed by atoms with Crippen molar-refractivity contribution in [2.45, 2.75) is 32.7 Å². The zero-order valence-corrected chi connectivity index (χ0v) is 21.7. The molecule has 3 heterocycles. The molecule has 4 rings (SSSR count). The number of rotatable bonds is 13. The van der Waals surface area contributed by atoms with E-state index >= 15 is 0 Å². The molecule has 0 bridgehead atoms. The van der Waals surface area contributed by atoms with E-state index in [0.717, 1.165) is 44.5 Å². The van der Waals surface area contributed by atoms with Crippen LogP contribution in [0.15, 0.2) is 42.7 Å². The van der Waals surface area contributed by atoms with E-state index in [4.69, 9.17) is 15.5 Å². The molecule has 0 saturated heterocycles. The Balaban J connectivity index is 1.69. The summed E-state index contributed by atoms with van der Waals surface area (Å²) < 4.78 is 21.8. The van der Waals surface area contributed by atoms with Gasteiger partial charge in [0.15, 0.2) is 17.0 Å². The predicted molar refractivity (Wildman–Crippen MR) is 144 cm³/mol. The summed E-state index contributed by atoms with van der Waals surface area (Å²) in [4.78, 5) is 20.0. The van der Waals surface area contributed by atoms with Crippen LogP contribution < -0.4 is 15.8 Å². The van der Waals surface area contributed by atoms with Gasteiger partial charge < -0.3 is 25.3 Å². The number of pyridine rings is 1. The Morgan fingerprint density at radius 3 is 2.73 bits per heavy atom. The van der Waals surface area contributed by atoms with Gasteiger partial charge in [-0.3, -0.25) is 4.98 Å². The number of unbranched alkanes of at least 4 members (excludes halogenated alkanes) is 1. The molecule has 37 heavy (non-hydrogen) atoms. The SMILES string of the molecule is CCCCOc1nc(N)c2nc(-c3cncc(F)c3)n(Cc3cccc(CCN(C)CCNC)c3)c2n1. The number of nitrogens with two attached hydrogens (primary N) is 1. The maximum atomic E-state index is 14.1. The fourth-order valence-electron chi connectivity index (χ4n) is 4.08. The van der Waals surface area contributed by atoms with Gasteiger partial charge in [0.1, 0.15) is 11.6 Å². The Hall–Kier alpha value is -3.63. The molecule has 196 valence electrons. The highest BCUT2D eigenvalue weighted by molar-refractivity contribution is 5.85. The first-order valence-electron chi connectivity index (χ1n) is 12.7. The van der Waals surface area contributed by atoms with E-state index in [-0.39, 0.29) is 11.8 Å². The molecule has 0 spiro atoms. The summed E-state index contributed by atoms with van der Waals surface area (Å²) in [5.41, 5.74) is 10.1. The number of aromatic nitrogens is 5. The van der Waals surface area contributed by atoms with Gasteiger partial charge in [0, 0.05) is 31.4 Å². The van der Waals surface area contributed by atoms with E-state index in [1.54, 1.807) is 6.20 Å². The van der Waals surface area contributed by atoms with Crippen molar-refractivity contribution < 1.29 is 9.13 Å². The van der Waals surface area contributed by atoms with Gasteiger partial charge in [0.25, 0.3) is 0 Å². The number of hydrogen-bond acceptors (Lipinski definition) is 8. The zero-order chi connectivity index (χ0) is 26.2. The second-order valence-electron chi connectivity index (χ2n) is 9.16. The van der Waals surface area contributed by atoms with Gasteiger partial charge in [-0.25, -0.2) is 9.37 Å². The highest BCUT2D eigenvalue weighted by Crippen LogP contribution is 2.29. The summed E-state index contributed by atoms with van der Waals surface area (Å²) in [5.74, 6) is 0.299. The fourth-order valence-corrected chi connectivity index (χ4v) is 4.08. The quantitative estimate of drug-likeness (QED) is 0.265. The maximum Gasteiger partial charge on any atom is 0.320 e. The van der Waals surface area contributed by atoms with Crippen molar-refractivity contribution in [2.75, 3.05) is 46.1 Å². The van der Waals surface area contributed by atoms with E-state index in [0.29, 0.717) is 35.7 Å². The third kappa shape index (κ3) is 6.78. The molecule has 10 heteroatoms. The smallest absolute Gasteiger partial charge is 0.320 e. The molecule has 0 atom stereocenters. The van der Waals surface area contributed by atoms with Crippen LogP contribution in [0.5, 0.6) is 6.01 Å². The predicted octanol–water partition coefficient (Wildman–Crippen LogP) is 3.53. The summed E-state index contributed by atoms with van der Waals surface area (Å²) in [6.07, 6.45) is 5.57. The standard InChI is InChI=1S/C27H35FN8O/c1-4-5-13-37-27-33-24(29)23-26(34-27)36(25(32-23)21-15-22(28)17-31-16-21)18-20-8-6-7-19(14-20)9-11-35(3)12-10-30-2/h6-8,14-17,30H,4-5,9-13,18H2,1-3H3,(H2,29,33,34). The Morgan fingerprint density at radius 1 is 1.11 bits per heavy atom. The lowest BCUT2D eigenvalue weighted by Gasteiger charge is -2.16. The van der Waals surface area contributed by atoms with Gasteiger partial charge in [0.05, 0.1) is 19.3 Å². The molecule has 1 aromatic carbocycles. The molecule has 0 amide bonds. The Labute approximate surface area is 216 Å². The van der Waals surface area contributed by atoms with Crippen molar-refractivity contribution in [1.82, 2.24) is 34.7 Å². The number of likely N-dealkylation sites (N-methyl/N-ethyl adjacent to an activating group) is 2. The lowest BCUT2D eigenvalue weighted by Crippen LogP contribution is -2.29.